The molecule has 2 aromatic rings. The molecule has 0 aliphatic carbocycles. The third kappa shape index (κ3) is 3.93. The molecule has 3 rings (SSSR count). The van der Waals surface area contributed by atoms with E-state index in [1.54, 1.807) is 0 Å². The monoisotopic (exact) mass is 333 g/mol. The summed E-state index contributed by atoms with van der Waals surface area (Å²) in [5.41, 5.74) is 2.27. The zero-order chi connectivity index (χ0) is 15.4. The van der Waals surface area contributed by atoms with Crippen molar-refractivity contribution in [2.75, 3.05) is 31.1 Å². The predicted molar refractivity (Wildman–Crippen MR) is 94.3 cm³/mol. The van der Waals surface area contributed by atoms with Gasteiger partial charge in [0.05, 0.1) is 19.3 Å². The summed E-state index contributed by atoms with van der Waals surface area (Å²) in [6, 6.07) is 15.7. The third-order valence-electron chi connectivity index (χ3n) is 3.69. The van der Waals surface area contributed by atoms with Crippen LogP contribution in [0.25, 0.3) is 0 Å². The van der Waals surface area contributed by atoms with Crippen molar-refractivity contribution in [3.8, 4) is 0 Å². The topological polar surface area (TPSA) is 18.8 Å². The van der Waals surface area contributed by atoms with E-state index in [1.165, 1.54) is 5.69 Å². The molecule has 5 heteroatoms. The Balaban J connectivity index is 1.55. The Morgan fingerprint density at radius 1 is 0.773 bits per heavy atom. The number of nitrogens with zero attached hydrogens (tertiary/aromatic N) is 3. The van der Waals surface area contributed by atoms with Gasteiger partial charge in [-0.2, -0.15) is 5.10 Å². The highest BCUT2D eigenvalue weighted by Crippen LogP contribution is 2.19. The van der Waals surface area contributed by atoms with Gasteiger partial charge in [0, 0.05) is 28.8 Å². The highest BCUT2D eigenvalue weighted by molar-refractivity contribution is 6.30. The molecule has 0 radical (unpaired) electrons. The first kappa shape index (κ1) is 15.2. The van der Waals surface area contributed by atoms with Crippen molar-refractivity contribution < 1.29 is 0 Å². The van der Waals surface area contributed by atoms with Gasteiger partial charge in [-0.15, -0.1) is 0 Å². The number of rotatable bonds is 3. The molecule has 22 heavy (non-hydrogen) atoms. The van der Waals surface area contributed by atoms with Gasteiger partial charge < -0.3 is 4.90 Å². The highest BCUT2D eigenvalue weighted by atomic mass is 35.5. The van der Waals surface area contributed by atoms with Crippen LogP contribution in [0.15, 0.2) is 53.6 Å². The first-order valence-electron chi connectivity index (χ1n) is 7.26. The minimum absolute atomic E-state index is 0.744. The van der Waals surface area contributed by atoms with Crippen molar-refractivity contribution in [1.29, 1.82) is 0 Å². The molecule has 3 nitrogen and oxygen atoms in total. The van der Waals surface area contributed by atoms with Crippen LogP contribution in [0.4, 0.5) is 5.69 Å². The Kier molecular flexibility index (Phi) is 4.86. The summed E-state index contributed by atoms with van der Waals surface area (Å²) in [6.45, 7) is 3.73. The number of piperazine rings is 1. The molecular formula is C17H17Cl2N3. The fraction of sp³-hybridized carbons (Fsp3) is 0.235. The van der Waals surface area contributed by atoms with Crippen LogP contribution < -0.4 is 4.90 Å². The molecule has 0 aromatic heterocycles. The molecule has 1 heterocycles. The average Bonchev–Trinajstić information content (AvgIpc) is 2.56. The summed E-state index contributed by atoms with van der Waals surface area (Å²) in [5.74, 6) is 0. The van der Waals surface area contributed by atoms with E-state index >= 15 is 0 Å². The van der Waals surface area contributed by atoms with Gasteiger partial charge in [-0.3, -0.25) is 5.01 Å². The van der Waals surface area contributed by atoms with Gasteiger partial charge in [0.1, 0.15) is 0 Å². The number of hydrazone groups is 1. The number of anilines is 1. The van der Waals surface area contributed by atoms with E-state index in [0.717, 1.165) is 41.8 Å². The standard InChI is InChI=1S/C17H17Cl2N3/c18-15-3-1-14(2-4-15)13-20-22-11-9-21(10-12-22)17-7-5-16(19)6-8-17/h1-8,13H,9-12H2/b20-13-. The smallest absolute Gasteiger partial charge is 0.0542 e. The average molecular weight is 334 g/mol. The van der Waals surface area contributed by atoms with E-state index in [2.05, 4.69) is 27.1 Å². The molecule has 0 unspecified atom stereocenters. The summed E-state index contributed by atoms with van der Waals surface area (Å²) in [5, 5.41) is 8.16. The Bertz CT molecular complexity index is 630. The molecule has 0 atom stereocenters. The number of benzene rings is 2. The molecule has 0 saturated carbocycles. The summed E-state index contributed by atoms with van der Waals surface area (Å²) in [6.07, 6.45) is 1.88. The maximum Gasteiger partial charge on any atom is 0.0542 e. The molecule has 0 spiro atoms. The Morgan fingerprint density at radius 2 is 1.32 bits per heavy atom. The van der Waals surface area contributed by atoms with Gasteiger partial charge in [0.15, 0.2) is 0 Å². The Morgan fingerprint density at radius 3 is 1.91 bits per heavy atom. The summed E-state index contributed by atoms with van der Waals surface area (Å²) >= 11 is 11.8. The Hall–Kier alpha value is -1.71. The molecule has 1 aliphatic rings. The largest absolute Gasteiger partial charge is 0.368 e. The molecule has 1 saturated heterocycles. The lowest BCUT2D eigenvalue weighted by molar-refractivity contribution is 0.272. The number of hydrogen-bond donors (Lipinski definition) is 0. The minimum Gasteiger partial charge on any atom is -0.368 e. The van der Waals surface area contributed by atoms with Crippen LogP contribution in [-0.4, -0.2) is 37.4 Å². The molecule has 1 fully saturated rings. The maximum atomic E-state index is 5.93. The maximum absolute atomic E-state index is 5.93. The highest BCUT2D eigenvalue weighted by Gasteiger charge is 2.15. The zero-order valence-electron chi connectivity index (χ0n) is 12.1. The van der Waals surface area contributed by atoms with Crippen molar-refractivity contribution in [3.05, 3.63) is 64.1 Å². The van der Waals surface area contributed by atoms with Crippen molar-refractivity contribution in [2.24, 2.45) is 5.10 Å². The van der Waals surface area contributed by atoms with Crippen LogP contribution in [0.5, 0.6) is 0 Å². The molecular weight excluding hydrogens is 317 g/mol. The van der Waals surface area contributed by atoms with Crippen molar-refractivity contribution in [3.63, 3.8) is 0 Å². The molecule has 1 aliphatic heterocycles. The van der Waals surface area contributed by atoms with Crippen LogP contribution in [0.3, 0.4) is 0 Å². The lowest BCUT2D eigenvalue weighted by atomic mass is 10.2. The van der Waals surface area contributed by atoms with E-state index in [4.69, 9.17) is 23.2 Å². The lowest BCUT2D eigenvalue weighted by Crippen LogP contribution is -2.44. The SMILES string of the molecule is Clc1ccc(/C=N\N2CCN(c3ccc(Cl)cc3)CC2)cc1. The van der Waals surface area contributed by atoms with Crippen LogP contribution in [-0.2, 0) is 0 Å². The summed E-state index contributed by atoms with van der Waals surface area (Å²) in [4.78, 5) is 2.35. The first-order valence-corrected chi connectivity index (χ1v) is 8.01. The molecule has 2 aromatic carbocycles. The summed E-state index contributed by atoms with van der Waals surface area (Å²) in [7, 11) is 0. The van der Waals surface area contributed by atoms with Crippen LogP contribution in [0, 0.1) is 0 Å². The zero-order valence-corrected chi connectivity index (χ0v) is 13.6. The van der Waals surface area contributed by atoms with Crippen molar-refractivity contribution >= 4 is 35.1 Å². The second-order valence-electron chi connectivity index (χ2n) is 5.21. The number of hydrogen-bond acceptors (Lipinski definition) is 3. The van der Waals surface area contributed by atoms with Crippen LogP contribution in [0.2, 0.25) is 10.0 Å². The molecule has 0 bridgehead atoms. The van der Waals surface area contributed by atoms with E-state index in [0.29, 0.717) is 0 Å². The first-order chi connectivity index (χ1) is 10.7. The third-order valence-corrected chi connectivity index (χ3v) is 4.19. The molecule has 0 N–H and O–H groups in total. The van der Waals surface area contributed by atoms with E-state index < -0.39 is 0 Å². The van der Waals surface area contributed by atoms with Crippen LogP contribution >= 0.6 is 23.2 Å². The van der Waals surface area contributed by atoms with Gasteiger partial charge in [0.2, 0.25) is 0 Å². The lowest BCUT2D eigenvalue weighted by Gasteiger charge is -2.34. The van der Waals surface area contributed by atoms with Crippen LogP contribution in [0.1, 0.15) is 5.56 Å². The molecule has 0 amide bonds. The summed E-state index contributed by atoms with van der Waals surface area (Å²) < 4.78 is 0. The van der Waals surface area contributed by atoms with Gasteiger partial charge in [-0.25, -0.2) is 0 Å². The van der Waals surface area contributed by atoms with Gasteiger partial charge >= 0.3 is 0 Å². The van der Waals surface area contributed by atoms with Crippen molar-refractivity contribution in [1.82, 2.24) is 5.01 Å². The van der Waals surface area contributed by atoms with Gasteiger partial charge in [0.25, 0.3) is 0 Å². The molecule has 114 valence electrons. The minimum atomic E-state index is 0.744. The van der Waals surface area contributed by atoms with Gasteiger partial charge in [-0.05, 0) is 42.0 Å². The second-order valence-corrected chi connectivity index (χ2v) is 6.09. The number of halogens is 2. The van der Waals surface area contributed by atoms with Crippen molar-refractivity contribution in [2.45, 2.75) is 0 Å². The van der Waals surface area contributed by atoms with E-state index in [9.17, 15) is 0 Å². The van der Waals surface area contributed by atoms with Gasteiger partial charge in [-0.1, -0.05) is 35.3 Å². The normalized spacial score (nSPS) is 15.5. The van der Waals surface area contributed by atoms with E-state index in [1.807, 2.05) is 42.6 Å². The fourth-order valence-corrected chi connectivity index (χ4v) is 2.67. The Labute approximate surface area is 140 Å². The predicted octanol–water partition coefficient (Wildman–Crippen LogP) is 4.15. The quantitative estimate of drug-likeness (QED) is 0.786. The van der Waals surface area contributed by atoms with E-state index in [-0.39, 0.29) is 0 Å². The second kappa shape index (κ2) is 7.03. The fourth-order valence-electron chi connectivity index (χ4n) is 2.42.